The molecule has 2 aromatic rings. The SMILES string of the molecule is O=[N+]([O-])c1cc(S(=O)(=O)N2CCOCC2)ccc1NN=Cc1c(F)cccc1Cl. The van der Waals surface area contributed by atoms with E-state index in [0.29, 0.717) is 0 Å². The number of nitro groups is 1. The molecule has 9 nitrogen and oxygen atoms in total. The molecule has 0 amide bonds. The molecule has 12 heteroatoms. The van der Waals surface area contributed by atoms with E-state index >= 15 is 0 Å². The zero-order valence-corrected chi connectivity index (χ0v) is 16.5. The summed E-state index contributed by atoms with van der Waals surface area (Å²) >= 11 is 5.89. The van der Waals surface area contributed by atoms with Crippen molar-refractivity contribution in [2.75, 3.05) is 31.7 Å². The second kappa shape index (κ2) is 8.82. The van der Waals surface area contributed by atoms with Gasteiger partial charge >= 0.3 is 0 Å². The predicted molar refractivity (Wildman–Crippen MR) is 105 cm³/mol. The van der Waals surface area contributed by atoms with Gasteiger partial charge in [0.25, 0.3) is 5.69 Å². The molecule has 1 fully saturated rings. The lowest BCUT2D eigenvalue weighted by molar-refractivity contribution is -0.384. The van der Waals surface area contributed by atoms with E-state index in [2.05, 4.69) is 10.5 Å². The van der Waals surface area contributed by atoms with Gasteiger partial charge in [-0.3, -0.25) is 15.5 Å². The molecule has 1 aliphatic rings. The van der Waals surface area contributed by atoms with Crippen LogP contribution in [-0.2, 0) is 14.8 Å². The largest absolute Gasteiger partial charge is 0.379 e. The minimum Gasteiger partial charge on any atom is -0.379 e. The standard InChI is InChI=1S/C17H16ClFN4O5S/c18-14-2-1-3-15(19)13(14)11-20-21-16-5-4-12(10-17(16)23(24)25)29(26,27)22-6-8-28-9-7-22/h1-5,10-11,21H,6-9H2. The summed E-state index contributed by atoms with van der Waals surface area (Å²) in [4.78, 5) is 10.5. The van der Waals surface area contributed by atoms with Crippen molar-refractivity contribution in [3.05, 3.63) is 62.9 Å². The molecule has 29 heavy (non-hydrogen) atoms. The van der Waals surface area contributed by atoms with Crippen molar-refractivity contribution in [1.29, 1.82) is 0 Å². The summed E-state index contributed by atoms with van der Waals surface area (Å²) < 4.78 is 45.5. The molecule has 1 heterocycles. The summed E-state index contributed by atoms with van der Waals surface area (Å²) in [7, 11) is -3.89. The number of benzene rings is 2. The minimum absolute atomic E-state index is 0.0100. The fourth-order valence-electron chi connectivity index (χ4n) is 2.65. The molecule has 0 radical (unpaired) electrons. The van der Waals surface area contributed by atoms with Gasteiger partial charge in [-0.15, -0.1) is 0 Å². The summed E-state index contributed by atoms with van der Waals surface area (Å²) in [5, 5.41) is 15.3. The molecule has 1 N–H and O–H groups in total. The number of ether oxygens (including phenoxy) is 1. The molecule has 2 aromatic carbocycles. The molecule has 0 spiro atoms. The van der Waals surface area contributed by atoms with Crippen LogP contribution in [0.1, 0.15) is 5.56 Å². The summed E-state index contributed by atoms with van der Waals surface area (Å²) in [6, 6.07) is 7.53. The first kappa shape index (κ1) is 21.1. The molecule has 0 saturated carbocycles. The summed E-state index contributed by atoms with van der Waals surface area (Å²) in [5.41, 5.74) is 1.89. The lowest BCUT2D eigenvalue weighted by Gasteiger charge is -2.26. The van der Waals surface area contributed by atoms with E-state index in [9.17, 15) is 22.9 Å². The quantitative estimate of drug-likeness (QED) is 0.418. The molecule has 0 aliphatic carbocycles. The second-order valence-electron chi connectivity index (χ2n) is 5.96. The van der Waals surface area contributed by atoms with Crippen LogP contribution in [0.25, 0.3) is 0 Å². The van der Waals surface area contributed by atoms with Crippen LogP contribution in [-0.4, -0.2) is 50.2 Å². The first-order chi connectivity index (χ1) is 13.8. The number of hydrazone groups is 1. The number of hydrogen-bond acceptors (Lipinski definition) is 7. The lowest BCUT2D eigenvalue weighted by atomic mass is 10.2. The van der Waals surface area contributed by atoms with Gasteiger partial charge in [-0.1, -0.05) is 17.7 Å². The van der Waals surface area contributed by atoms with Crippen LogP contribution in [0.3, 0.4) is 0 Å². The smallest absolute Gasteiger partial charge is 0.295 e. The minimum atomic E-state index is -3.89. The Bertz CT molecular complexity index is 1040. The van der Waals surface area contributed by atoms with Crippen LogP contribution in [0.4, 0.5) is 15.8 Å². The average molecular weight is 443 g/mol. The Kier molecular flexibility index (Phi) is 6.42. The summed E-state index contributed by atoms with van der Waals surface area (Å²) in [6.45, 7) is 0.857. The van der Waals surface area contributed by atoms with Crippen molar-refractivity contribution in [2.45, 2.75) is 4.90 Å². The van der Waals surface area contributed by atoms with Gasteiger partial charge in [-0.25, -0.2) is 12.8 Å². The van der Waals surface area contributed by atoms with Crippen LogP contribution in [0, 0.1) is 15.9 Å². The van der Waals surface area contributed by atoms with E-state index in [1.807, 2.05) is 0 Å². The van der Waals surface area contributed by atoms with Crippen molar-refractivity contribution < 1.29 is 22.5 Å². The lowest BCUT2D eigenvalue weighted by Crippen LogP contribution is -2.40. The molecular formula is C17H16ClFN4O5S. The first-order valence-electron chi connectivity index (χ1n) is 8.40. The third kappa shape index (κ3) is 4.70. The van der Waals surface area contributed by atoms with E-state index in [1.54, 1.807) is 0 Å². The van der Waals surface area contributed by atoms with Crippen LogP contribution < -0.4 is 5.43 Å². The Balaban J connectivity index is 1.87. The third-order valence-electron chi connectivity index (χ3n) is 4.15. The maximum Gasteiger partial charge on any atom is 0.295 e. The average Bonchev–Trinajstić information content (AvgIpc) is 2.70. The number of nitrogens with zero attached hydrogens (tertiary/aromatic N) is 3. The van der Waals surface area contributed by atoms with Gasteiger partial charge in [0.1, 0.15) is 11.5 Å². The zero-order chi connectivity index (χ0) is 21.0. The van der Waals surface area contributed by atoms with E-state index in [0.717, 1.165) is 12.3 Å². The maximum absolute atomic E-state index is 13.8. The van der Waals surface area contributed by atoms with Crippen LogP contribution in [0.2, 0.25) is 5.02 Å². The van der Waals surface area contributed by atoms with Gasteiger partial charge in [-0.05, 0) is 24.3 Å². The number of anilines is 1. The molecule has 3 rings (SSSR count). The Hall–Kier alpha value is -2.60. The Morgan fingerprint density at radius 2 is 2.00 bits per heavy atom. The highest BCUT2D eigenvalue weighted by Gasteiger charge is 2.28. The Labute approximate surface area is 170 Å². The maximum atomic E-state index is 13.8. The third-order valence-corrected chi connectivity index (χ3v) is 6.38. The molecule has 1 aliphatic heterocycles. The topological polar surface area (TPSA) is 114 Å². The molecule has 0 aromatic heterocycles. The molecule has 1 saturated heterocycles. The van der Waals surface area contributed by atoms with Crippen molar-refractivity contribution in [3.8, 4) is 0 Å². The number of rotatable bonds is 6. The summed E-state index contributed by atoms with van der Waals surface area (Å²) in [5.74, 6) is -0.607. The molecule has 0 unspecified atom stereocenters. The van der Waals surface area contributed by atoms with Crippen molar-refractivity contribution in [2.24, 2.45) is 5.10 Å². The van der Waals surface area contributed by atoms with Gasteiger partial charge in [0.05, 0.1) is 34.3 Å². The van der Waals surface area contributed by atoms with Crippen LogP contribution in [0.15, 0.2) is 46.4 Å². The number of nitrogens with one attached hydrogen (secondary N) is 1. The van der Waals surface area contributed by atoms with Gasteiger partial charge in [0.2, 0.25) is 10.0 Å². The number of hydrogen-bond donors (Lipinski definition) is 1. The van der Waals surface area contributed by atoms with E-state index in [1.165, 1.54) is 34.6 Å². The van der Waals surface area contributed by atoms with Crippen molar-refractivity contribution in [3.63, 3.8) is 0 Å². The monoisotopic (exact) mass is 442 g/mol. The highest BCUT2D eigenvalue weighted by molar-refractivity contribution is 7.89. The van der Waals surface area contributed by atoms with Gasteiger partial charge < -0.3 is 4.74 Å². The fourth-order valence-corrected chi connectivity index (χ4v) is 4.29. The number of halogens is 2. The predicted octanol–water partition coefficient (Wildman–Crippen LogP) is 2.85. The van der Waals surface area contributed by atoms with Gasteiger partial charge in [-0.2, -0.15) is 9.41 Å². The second-order valence-corrected chi connectivity index (χ2v) is 8.30. The molecule has 0 atom stereocenters. The zero-order valence-electron chi connectivity index (χ0n) is 14.9. The number of morpholine rings is 1. The molecule has 0 bridgehead atoms. The molecule has 154 valence electrons. The van der Waals surface area contributed by atoms with Gasteiger partial charge in [0, 0.05) is 24.7 Å². The van der Waals surface area contributed by atoms with E-state index < -0.39 is 26.5 Å². The number of nitro benzene ring substituents is 1. The van der Waals surface area contributed by atoms with Crippen molar-refractivity contribution >= 4 is 39.2 Å². The van der Waals surface area contributed by atoms with E-state index in [4.69, 9.17) is 16.3 Å². The van der Waals surface area contributed by atoms with E-state index in [-0.39, 0.29) is 47.5 Å². The van der Waals surface area contributed by atoms with Crippen LogP contribution >= 0.6 is 11.6 Å². The summed E-state index contributed by atoms with van der Waals surface area (Å²) in [6.07, 6.45) is 1.08. The first-order valence-corrected chi connectivity index (χ1v) is 10.2. The number of sulfonamides is 1. The highest BCUT2D eigenvalue weighted by atomic mass is 35.5. The Morgan fingerprint density at radius 3 is 2.66 bits per heavy atom. The molecular weight excluding hydrogens is 427 g/mol. The highest BCUT2D eigenvalue weighted by Crippen LogP contribution is 2.29. The van der Waals surface area contributed by atoms with Crippen molar-refractivity contribution in [1.82, 2.24) is 4.31 Å². The fraction of sp³-hybridized carbons (Fsp3) is 0.235. The van der Waals surface area contributed by atoms with Crippen LogP contribution in [0.5, 0.6) is 0 Å². The Morgan fingerprint density at radius 1 is 1.28 bits per heavy atom. The van der Waals surface area contributed by atoms with Gasteiger partial charge in [0.15, 0.2) is 0 Å². The normalized spacial score (nSPS) is 15.5.